The van der Waals surface area contributed by atoms with E-state index in [0.717, 1.165) is 26.7 Å². The molecular weight excluding hydrogens is 444 g/mol. The van der Waals surface area contributed by atoms with Gasteiger partial charge < -0.3 is 10.1 Å². The van der Waals surface area contributed by atoms with Gasteiger partial charge in [-0.25, -0.2) is 0 Å². The van der Waals surface area contributed by atoms with Gasteiger partial charge in [0, 0.05) is 26.9 Å². The van der Waals surface area contributed by atoms with Crippen LogP contribution in [0.2, 0.25) is 0 Å². The topological polar surface area (TPSA) is 60.3 Å². The lowest BCUT2D eigenvalue weighted by Crippen LogP contribution is -2.13. The summed E-state index contributed by atoms with van der Waals surface area (Å²) >= 11 is 1.47. The van der Waals surface area contributed by atoms with Gasteiger partial charge in [-0.1, -0.05) is 36.4 Å². The standard InChI is InChI=1S/C28H22N2O3S/c1-33-21-14-10-19(11-15-21)28(32)29-20-12-16-22(17-13-20)34-18-27(31)30-25-8-4-2-6-23(25)24-7-3-5-9-26(24)30/h2-17H,18H2,1H3,(H,29,32). The monoisotopic (exact) mass is 466 g/mol. The first-order chi connectivity index (χ1) is 16.6. The van der Waals surface area contributed by atoms with Crippen LogP contribution in [-0.4, -0.2) is 29.2 Å². The summed E-state index contributed by atoms with van der Waals surface area (Å²) in [5.74, 6) is 0.845. The van der Waals surface area contributed by atoms with Crippen LogP contribution in [0, 0.1) is 0 Å². The third kappa shape index (κ3) is 4.28. The van der Waals surface area contributed by atoms with Crippen LogP contribution in [0.4, 0.5) is 5.69 Å². The number of hydrogen-bond donors (Lipinski definition) is 1. The predicted octanol–water partition coefficient (Wildman–Crippen LogP) is 6.49. The summed E-state index contributed by atoms with van der Waals surface area (Å²) in [4.78, 5) is 26.6. The van der Waals surface area contributed by atoms with Crippen LogP contribution in [0.5, 0.6) is 5.75 Å². The molecule has 4 aromatic carbocycles. The van der Waals surface area contributed by atoms with Gasteiger partial charge in [0.05, 0.1) is 23.9 Å². The van der Waals surface area contributed by atoms with Gasteiger partial charge in [0.1, 0.15) is 5.75 Å². The van der Waals surface area contributed by atoms with Crippen molar-refractivity contribution in [1.29, 1.82) is 0 Å². The van der Waals surface area contributed by atoms with Gasteiger partial charge in [-0.15, -0.1) is 11.8 Å². The molecule has 0 spiro atoms. The fourth-order valence-electron chi connectivity index (χ4n) is 3.98. The summed E-state index contributed by atoms with van der Waals surface area (Å²) < 4.78 is 6.93. The summed E-state index contributed by atoms with van der Waals surface area (Å²) in [5, 5.41) is 5.04. The first-order valence-electron chi connectivity index (χ1n) is 10.8. The molecule has 34 heavy (non-hydrogen) atoms. The number of para-hydroxylation sites is 2. The number of rotatable bonds is 6. The highest BCUT2D eigenvalue weighted by molar-refractivity contribution is 8.00. The zero-order valence-electron chi connectivity index (χ0n) is 18.5. The molecule has 1 aromatic heterocycles. The summed E-state index contributed by atoms with van der Waals surface area (Å²) in [6.07, 6.45) is 0. The van der Waals surface area contributed by atoms with Crippen LogP contribution in [-0.2, 0) is 0 Å². The molecule has 1 heterocycles. The lowest BCUT2D eigenvalue weighted by atomic mass is 10.2. The second kappa shape index (κ2) is 9.45. The largest absolute Gasteiger partial charge is 0.497 e. The molecular formula is C28H22N2O3S. The average Bonchev–Trinajstić information content (AvgIpc) is 3.23. The van der Waals surface area contributed by atoms with Crippen molar-refractivity contribution in [3.05, 3.63) is 103 Å². The van der Waals surface area contributed by atoms with Gasteiger partial charge in [-0.3, -0.25) is 14.2 Å². The van der Waals surface area contributed by atoms with E-state index in [1.54, 1.807) is 35.9 Å². The van der Waals surface area contributed by atoms with Crippen LogP contribution in [0.3, 0.4) is 0 Å². The Labute approximate surface area is 201 Å². The van der Waals surface area contributed by atoms with Crippen molar-refractivity contribution in [3.8, 4) is 5.75 Å². The number of aromatic nitrogens is 1. The molecule has 6 heteroatoms. The molecule has 5 rings (SSSR count). The third-order valence-electron chi connectivity index (χ3n) is 5.66. The van der Waals surface area contributed by atoms with E-state index in [4.69, 9.17) is 4.74 Å². The first-order valence-corrected chi connectivity index (χ1v) is 11.8. The zero-order valence-corrected chi connectivity index (χ0v) is 19.3. The molecule has 1 amide bonds. The minimum atomic E-state index is -0.190. The number of carbonyl (C=O) groups is 2. The van der Waals surface area contributed by atoms with Crippen molar-refractivity contribution in [2.24, 2.45) is 0 Å². The van der Waals surface area contributed by atoms with E-state index in [1.807, 2.05) is 72.8 Å². The highest BCUT2D eigenvalue weighted by Crippen LogP contribution is 2.30. The maximum Gasteiger partial charge on any atom is 0.255 e. The van der Waals surface area contributed by atoms with Gasteiger partial charge in [-0.2, -0.15) is 0 Å². The average molecular weight is 467 g/mol. The van der Waals surface area contributed by atoms with Crippen molar-refractivity contribution >= 4 is 51.1 Å². The molecule has 1 N–H and O–H groups in total. The Kier molecular flexibility index (Phi) is 6.06. The summed E-state index contributed by atoms with van der Waals surface area (Å²) in [6, 6.07) is 30.4. The van der Waals surface area contributed by atoms with Crippen molar-refractivity contribution in [1.82, 2.24) is 4.57 Å². The molecule has 0 aliphatic carbocycles. The molecule has 0 saturated carbocycles. The quantitative estimate of drug-likeness (QED) is 0.291. The highest BCUT2D eigenvalue weighted by Gasteiger charge is 2.15. The number of amides is 1. The number of fused-ring (bicyclic) bond motifs is 3. The van der Waals surface area contributed by atoms with E-state index in [0.29, 0.717) is 22.8 Å². The van der Waals surface area contributed by atoms with E-state index in [-0.39, 0.29) is 11.8 Å². The molecule has 0 radical (unpaired) electrons. The van der Waals surface area contributed by atoms with E-state index in [2.05, 4.69) is 5.32 Å². The Balaban J connectivity index is 1.27. The molecule has 0 saturated heterocycles. The molecule has 0 aliphatic rings. The Morgan fingerprint density at radius 3 is 1.97 bits per heavy atom. The van der Waals surface area contributed by atoms with Crippen LogP contribution >= 0.6 is 11.8 Å². The van der Waals surface area contributed by atoms with Crippen LogP contribution in [0.15, 0.2) is 102 Å². The number of anilines is 1. The molecule has 168 valence electrons. The van der Waals surface area contributed by atoms with Crippen molar-refractivity contribution in [3.63, 3.8) is 0 Å². The molecule has 0 fully saturated rings. The summed E-state index contributed by atoms with van der Waals surface area (Å²) in [5.41, 5.74) is 3.09. The van der Waals surface area contributed by atoms with Crippen molar-refractivity contribution in [2.45, 2.75) is 4.90 Å². The smallest absolute Gasteiger partial charge is 0.255 e. The van der Waals surface area contributed by atoms with Crippen LogP contribution in [0.25, 0.3) is 21.8 Å². The van der Waals surface area contributed by atoms with E-state index in [1.165, 1.54) is 11.8 Å². The predicted molar refractivity (Wildman–Crippen MR) is 138 cm³/mol. The molecule has 0 atom stereocenters. The van der Waals surface area contributed by atoms with Gasteiger partial charge in [0.25, 0.3) is 5.91 Å². The van der Waals surface area contributed by atoms with Crippen molar-refractivity contribution < 1.29 is 14.3 Å². The van der Waals surface area contributed by atoms with E-state index >= 15 is 0 Å². The van der Waals surface area contributed by atoms with Gasteiger partial charge in [0.2, 0.25) is 5.91 Å². The number of methoxy groups -OCH3 is 1. The number of thioether (sulfide) groups is 1. The maximum absolute atomic E-state index is 13.2. The van der Waals surface area contributed by atoms with Crippen LogP contribution < -0.4 is 10.1 Å². The molecule has 5 nitrogen and oxygen atoms in total. The number of nitrogens with one attached hydrogen (secondary N) is 1. The van der Waals surface area contributed by atoms with Gasteiger partial charge in [-0.05, 0) is 60.7 Å². The lowest BCUT2D eigenvalue weighted by Gasteiger charge is -2.08. The summed E-state index contributed by atoms with van der Waals surface area (Å²) in [7, 11) is 1.59. The minimum absolute atomic E-state index is 0.0271. The Bertz CT molecular complexity index is 1440. The SMILES string of the molecule is COc1ccc(C(=O)Nc2ccc(SCC(=O)n3c4ccccc4c4ccccc43)cc2)cc1. The lowest BCUT2D eigenvalue weighted by molar-refractivity contribution is 0.0950. The summed E-state index contributed by atoms with van der Waals surface area (Å²) in [6.45, 7) is 0. The Morgan fingerprint density at radius 2 is 1.38 bits per heavy atom. The molecule has 5 aromatic rings. The Morgan fingerprint density at radius 1 is 0.794 bits per heavy atom. The Hall–Kier alpha value is -4.03. The zero-order chi connectivity index (χ0) is 23.5. The maximum atomic E-state index is 13.2. The number of nitrogens with zero attached hydrogens (tertiary/aromatic N) is 1. The highest BCUT2D eigenvalue weighted by atomic mass is 32.2. The van der Waals surface area contributed by atoms with E-state index in [9.17, 15) is 9.59 Å². The third-order valence-corrected chi connectivity index (χ3v) is 6.65. The molecule has 0 unspecified atom stereocenters. The number of carbonyl (C=O) groups excluding carboxylic acids is 2. The normalized spacial score (nSPS) is 11.0. The molecule has 0 aliphatic heterocycles. The second-order valence-electron chi connectivity index (χ2n) is 7.76. The van der Waals surface area contributed by atoms with Gasteiger partial charge in [0.15, 0.2) is 0 Å². The van der Waals surface area contributed by atoms with Crippen molar-refractivity contribution in [2.75, 3.05) is 18.2 Å². The second-order valence-corrected chi connectivity index (χ2v) is 8.81. The number of hydrogen-bond acceptors (Lipinski definition) is 4. The van der Waals surface area contributed by atoms with E-state index < -0.39 is 0 Å². The fraction of sp³-hybridized carbons (Fsp3) is 0.0714. The number of benzene rings is 4. The fourth-order valence-corrected chi connectivity index (χ4v) is 4.73. The number of ether oxygens (including phenoxy) is 1. The minimum Gasteiger partial charge on any atom is -0.497 e. The first kappa shape index (κ1) is 21.8. The van der Waals surface area contributed by atoms with Crippen LogP contribution in [0.1, 0.15) is 15.2 Å². The van der Waals surface area contributed by atoms with Gasteiger partial charge >= 0.3 is 0 Å². The molecule has 0 bridgehead atoms.